The van der Waals surface area contributed by atoms with Gasteiger partial charge in [0.2, 0.25) is 0 Å². The maximum absolute atomic E-state index is 12.5. The molecule has 0 amide bonds. The van der Waals surface area contributed by atoms with Gasteiger partial charge in [0.15, 0.2) is 11.5 Å². The lowest BCUT2D eigenvalue weighted by Crippen LogP contribution is -2.22. The smallest absolute Gasteiger partial charge is 0.275 e. The Morgan fingerprint density at radius 2 is 2.03 bits per heavy atom. The van der Waals surface area contributed by atoms with Crippen LogP contribution < -0.4 is 15.0 Å². The summed E-state index contributed by atoms with van der Waals surface area (Å²) in [5.74, 6) is 1.34. The summed E-state index contributed by atoms with van der Waals surface area (Å²) in [6.07, 6.45) is 3.92. The number of hydrogen-bond donors (Lipinski definition) is 1. The van der Waals surface area contributed by atoms with Crippen LogP contribution in [0.3, 0.4) is 0 Å². The van der Waals surface area contributed by atoms with Gasteiger partial charge in [-0.25, -0.2) is 5.10 Å². The van der Waals surface area contributed by atoms with E-state index in [1.165, 1.54) is 0 Å². The van der Waals surface area contributed by atoms with Crippen LogP contribution in [0, 0.1) is 0 Å². The van der Waals surface area contributed by atoms with E-state index in [2.05, 4.69) is 29.8 Å². The van der Waals surface area contributed by atoms with E-state index in [4.69, 9.17) is 25.8 Å². The lowest BCUT2D eigenvalue weighted by atomic mass is 10.1. The molecule has 0 unspecified atom stereocenters. The Kier molecular flexibility index (Phi) is 6.14. The summed E-state index contributed by atoms with van der Waals surface area (Å²) >= 11 is 6.74. The van der Waals surface area contributed by atoms with Crippen LogP contribution in [0.4, 0.5) is 0 Å². The van der Waals surface area contributed by atoms with Gasteiger partial charge in [0, 0.05) is 20.2 Å². The van der Waals surface area contributed by atoms with Crippen LogP contribution in [-0.4, -0.2) is 42.7 Å². The third-order valence-electron chi connectivity index (χ3n) is 5.30. The summed E-state index contributed by atoms with van der Waals surface area (Å²) in [5.41, 5.74) is 1.84. The molecule has 3 aromatic rings. The van der Waals surface area contributed by atoms with Crippen molar-refractivity contribution < 1.29 is 14.2 Å². The highest BCUT2D eigenvalue weighted by Crippen LogP contribution is 2.41. The molecule has 1 aromatic carbocycles. The first kappa shape index (κ1) is 21.9. The predicted octanol–water partition coefficient (Wildman–Crippen LogP) is 4.91. The van der Waals surface area contributed by atoms with Crippen LogP contribution in [0.15, 0.2) is 29.2 Å². The van der Waals surface area contributed by atoms with Crippen molar-refractivity contribution in [2.45, 2.75) is 51.4 Å². The molecule has 2 aromatic heterocycles. The molecule has 1 saturated carbocycles. The lowest BCUT2D eigenvalue weighted by molar-refractivity contribution is 0.0912. The summed E-state index contributed by atoms with van der Waals surface area (Å²) in [5, 5.41) is 7.22. The fraction of sp³-hybridized carbons (Fsp3) is 0.455. The van der Waals surface area contributed by atoms with Gasteiger partial charge in [-0.05, 0) is 37.1 Å². The van der Waals surface area contributed by atoms with Gasteiger partial charge >= 0.3 is 0 Å². The predicted molar refractivity (Wildman–Crippen MR) is 125 cm³/mol. The number of methoxy groups -OCH3 is 1. The van der Waals surface area contributed by atoms with Crippen LogP contribution >= 0.6 is 11.6 Å². The molecular formula is C22H28ClN3O4Si. The van der Waals surface area contributed by atoms with Crippen molar-refractivity contribution in [1.29, 1.82) is 0 Å². The van der Waals surface area contributed by atoms with Gasteiger partial charge in [-0.2, -0.15) is 5.10 Å². The van der Waals surface area contributed by atoms with Gasteiger partial charge in [0.1, 0.15) is 6.73 Å². The molecule has 0 spiro atoms. The number of ether oxygens (including phenoxy) is 3. The summed E-state index contributed by atoms with van der Waals surface area (Å²) in [4.78, 5) is 12.5. The number of nitrogens with zero attached hydrogens (tertiary/aromatic N) is 2. The van der Waals surface area contributed by atoms with Crippen molar-refractivity contribution in [3.63, 3.8) is 0 Å². The number of H-pyrrole nitrogens is 1. The van der Waals surface area contributed by atoms with Crippen molar-refractivity contribution in [3.05, 3.63) is 39.8 Å². The molecule has 0 saturated heterocycles. The molecule has 0 bridgehead atoms. The van der Waals surface area contributed by atoms with Crippen molar-refractivity contribution >= 4 is 30.6 Å². The van der Waals surface area contributed by atoms with Crippen LogP contribution in [-0.2, 0) is 11.5 Å². The molecule has 31 heavy (non-hydrogen) atoms. The van der Waals surface area contributed by atoms with E-state index in [-0.39, 0.29) is 18.4 Å². The lowest BCUT2D eigenvalue weighted by Gasteiger charge is -2.17. The Morgan fingerprint density at radius 3 is 2.71 bits per heavy atom. The van der Waals surface area contributed by atoms with Crippen LogP contribution in [0.2, 0.25) is 30.7 Å². The van der Waals surface area contributed by atoms with E-state index in [0.29, 0.717) is 39.7 Å². The maximum atomic E-state index is 12.5. The van der Waals surface area contributed by atoms with Gasteiger partial charge in [-0.3, -0.25) is 4.79 Å². The molecule has 7 nitrogen and oxygen atoms in total. The largest absolute Gasteiger partial charge is 0.493 e. The SMILES string of the molecule is COc1ccc(-c2c(Cl)c3c(=O)[nH]ncc3n2COCC[Si](C)(C)C)cc1OC1CC1. The van der Waals surface area contributed by atoms with E-state index in [0.717, 1.165) is 24.4 Å². The topological polar surface area (TPSA) is 78.4 Å². The zero-order valence-corrected chi connectivity index (χ0v) is 20.1. The second-order valence-corrected chi connectivity index (χ2v) is 15.1. The average Bonchev–Trinajstić information content (AvgIpc) is 3.48. The van der Waals surface area contributed by atoms with Crippen molar-refractivity contribution in [2.24, 2.45) is 0 Å². The van der Waals surface area contributed by atoms with E-state index in [1.54, 1.807) is 13.3 Å². The maximum Gasteiger partial charge on any atom is 0.275 e. The van der Waals surface area contributed by atoms with Gasteiger partial charge < -0.3 is 18.8 Å². The normalized spacial score (nSPS) is 14.2. The number of aromatic nitrogens is 3. The number of nitrogens with one attached hydrogen (secondary N) is 1. The number of fused-ring (bicyclic) bond motifs is 1. The van der Waals surface area contributed by atoms with Crippen molar-refractivity contribution in [1.82, 2.24) is 14.8 Å². The first-order chi connectivity index (χ1) is 14.8. The molecule has 4 rings (SSSR count). The minimum absolute atomic E-state index is 0.224. The summed E-state index contributed by atoms with van der Waals surface area (Å²) in [6, 6.07) is 6.74. The molecule has 0 atom stereocenters. The average molecular weight is 462 g/mol. The minimum atomic E-state index is -1.22. The van der Waals surface area contributed by atoms with Gasteiger partial charge in [-0.15, -0.1) is 0 Å². The Bertz CT molecular complexity index is 1150. The van der Waals surface area contributed by atoms with Crippen molar-refractivity contribution in [3.8, 4) is 22.8 Å². The van der Waals surface area contributed by atoms with E-state index >= 15 is 0 Å². The van der Waals surface area contributed by atoms with E-state index in [1.807, 2.05) is 22.8 Å². The minimum Gasteiger partial charge on any atom is -0.493 e. The quantitative estimate of drug-likeness (QED) is 0.362. The Morgan fingerprint density at radius 1 is 1.26 bits per heavy atom. The first-order valence-electron chi connectivity index (χ1n) is 10.5. The molecule has 166 valence electrons. The fourth-order valence-electron chi connectivity index (χ4n) is 3.40. The van der Waals surface area contributed by atoms with Crippen LogP contribution in [0.1, 0.15) is 12.8 Å². The molecule has 1 fully saturated rings. The zero-order chi connectivity index (χ0) is 22.2. The molecule has 9 heteroatoms. The molecule has 0 radical (unpaired) electrons. The number of halogens is 1. The number of hydrogen-bond acceptors (Lipinski definition) is 5. The zero-order valence-electron chi connectivity index (χ0n) is 18.3. The molecule has 1 aliphatic carbocycles. The number of benzene rings is 1. The Hall–Kier alpha value is -2.29. The number of rotatable bonds is 9. The Labute approximate surface area is 187 Å². The third-order valence-corrected chi connectivity index (χ3v) is 7.37. The molecule has 2 heterocycles. The first-order valence-corrected chi connectivity index (χ1v) is 14.5. The third kappa shape index (κ3) is 4.81. The molecule has 1 aliphatic rings. The highest BCUT2D eigenvalue weighted by atomic mass is 35.5. The van der Waals surface area contributed by atoms with Gasteiger partial charge in [-0.1, -0.05) is 31.2 Å². The molecule has 0 aliphatic heterocycles. The second-order valence-electron chi connectivity index (χ2n) is 9.08. The van der Waals surface area contributed by atoms with Crippen LogP contribution in [0.5, 0.6) is 11.5 Å². The second kappa shape index (κ2) is 8.68. The monoisotopic (exact) mass is 461 g/mol. The summed E-state index contributed by atoms with van der Waals surface area (Å²) in [7, 11) is 0.405. The van der Waals surface area contributed by atoms with E-state index < -0.39 is 8.07 Å². The Balaban J connectivity index is 1.76. The summed E-state index contributed by atoms with van der Waals surface area (Å²) < 4.78 is 19.4. The number of aromatic amines is 1. The van der Waals surface area contributed by atoms with E-state index in [9.17, 15) is 4.79 Å². The molecular weight excluding hydrogens is 434 g/mol. The van der Waals surface area contributed by atoms with Gasteiger partial charge in [0.25, 0.3) is 5.56 Å². The standard InChI is InChI=1S/C22H28ClN3O4Si/c1-28-17-8-5-14(11-18(17)30-15-6-7-15)21-20(23)19-16(12-24-25-22(19)27)26(21)13-29-9-10-31(2,3)4/h5,8,11-12,15H,6-7,9-10,13H2,1-4H3,(H,25,27). The van der Waals surface area contributed by atoms with Gasteiger partial charge in [0.05, 0.1) is 41.0 Å². The van der Waals surface area contributed by atoms with Crippen LogP contribution in [0.25, 0.3) is 22.2 Å². The highest BCUT2D eigenvalue weighted by molar-refractivity contribution is 6.76. The highest BCUT2D eigenvalue weighted by Gasteiger charge is 2.26. The van der Waals surface area contributed by atoms with Crippen molar-refractivity contribution in [2.75, 3.05) is 13.7 Å². The summed E-state index contributed by atoms with van der Waals surface area (Å²) in [6.45, 7) is 7.87. The fourth-order valence-corrected chi connectivity index (χ4v) is 4.55. The molecule has 1 N–H and O–H groups in total.